The summed E-state index contributed by atoms with van der Waals surface area (Å²) in [6.07, 6.45) is 3.09. The van der Waals surface area contributed by atoms with E-state index in [4.69, 9.17) is 5.11 Å². The maximum Gasteiger partial charge on any atom is 0.317 e. The molecule has 1 aliphatic heterocycles. The first-order chi connectivity index (χ1) is 11.2. The number of nitrogens with zero attached hydrogens (tertiary/aromatic N) is 2. The van der Waals surface area contributed by atoms with Gasteiger partial charge in [0, 0.05) is 39.3 Å². The molecular formula is C18H29N3O2. The molecule has 1 aliphatic rings. The Morgan fingerprint density at radius 3 is 2.83 bits per heavy atom. The molecule has 23 heavy (non-hydrogen) atoms. The second-order valence-corrected chi connectivity index (χ2v) is 6.09. The first-order valence-electron chi connectivity index (χ1n) is 8.67. The summed E-state index contributed by atoms with van der Waals surface area (Å²) in [6, 6.07) is 8.51. The number of carbonyl (C=O) groups excluding carboxylic acids is 1. The Kier molecular flexibility index (Phi) is 7.36. The Balaban J connectivity index is 1.73. The first kappa shape index (κ1) is 17.8. The van der Waals surface area contributed by atoms with Crippen molar-refractivity contribution in [1.29, 1.82) is 0 Å². The number of amides is 2. The number of hydrogen-bond acceptors (Lipinski definition) is 3. The molecule has 0 saturated heterocycles. The van der Waals surface area contributed by atoms with Crippen LogP contribution in [0.15, 0.2) is 24.3 Å². The third kappa shape index (κ3) is 5.52. The van der Waals surface area contributed by atoms with Crippen LogP contribution in [-0.2, 0) is 13.0 Å². The Morgan fingerprint density at radius 2 is 2.09 bits per heavy atom. The Labute approximate surface area is 139 Å². The molecule has 2 N–H and O–H groups in total. The summed E-state index contributed by atoms with van der Waals surface area (Å²) >= 11 is 0. The lowest BCUT2D eigenvalue weighted by molar-refractivity contribution is 0.173. The molecule has 0 spiro atoms. The minimum Gasteiger partial charge on any atom is -0.395 e. The van der Waals surface area contributed by atoms with Crippen LogP contribution in [0, 0.1) is 0 Å². The molecule has 1 aromatic rings. The van der Waals surface area contributed by atoms with E-state index in [2.05, 4.69) is 41.4 Å². The van der Waals surface area contributed by atoms with Gasteiger partial charge in [0.15, 0.2) is 0 Å². The van der Waals surface area contributed by atoms with Crippen molar-refractivity contribution in [3.63, 3.8) is 0 Å². The van der Waals surface area contributed by atoms with Crippen molar-refractivity contribution < 1.29 is 9.90 Å². The monoisotopic (exact) mass is 319 g/mol. The van der Waals surface area contributed by atoms with Gasteiger partial charge < -0.3 is 15.3 Å². The summed E-state index contributed by atoms with van der Waals surface area (Å²) in [4.78, 5) is 16.2. The standard InChI is InChI=1S/C18H29N3O2/c1-2-3-10-21(13-14-22)18(23)19-9-12-20-11-8-16-6-4-5-7-17(16)15-20/h4-7,22H,2-3,8-15H2,1H3,(H,19,23). The topological polar surface area (TPSA) is 55.8 Å². The summed E-state index contributed by atoms with van der Waals surface area (Å²) in [7, 11) is 0. The van der Waals surface area contributed by atoms with E-state index in [9.17, 15) is 4.79 Å². The number of hydrogen-bond donors (Lipinski definition) is 2. The van der Waals surface area contributed by atoms with Gasteiger partial charge in [-0.2, -0.15) is 0 Å². The van der Waals surface area contributed by atoms with Gasteiger partial charge in [-0.3, -0.25) is 4.90 Å². The van der Waals surface area contributed by atoms with Gasteiger partial charge in [0.2, 0.25) is 0 Å². The van der Waals surface area contributed by atoms with Crippen molar-refractivity contribution in [2.45, 2.75) is 32.7 Å². The van der Waals surface area contributed by atoms with Crippen molar-refractivity contribution in [2.24, 2.45) is 0 Å². The van der Waals surface area contributed by atoms with E-state index >= 15 is 0 Å². The molecule has 0 radical (unpaired) electrons. The average Bonchev–Trinajstić information content (AvgIpc) is 2.58. The van der Waals surface area contributed by atoms with Crippen LogP contribution in [0.5, 0.6) is 0 Å². The third-order valence-electron chi connectivity index (χ3n) is 4.35. The van der Waals surface area contributed by atoms with Crippen LogP contribution in [0.2, 0.25) is 0 Å². The molecule has 1 aromatic carbocycles. The summed E-state index contributed by atoms with van der Waals surface area (Å²) in [5.74, 6) is 0. The van der Waals surface area contributed by atoms with Crippen molar-refractivity contribution in [3.8, 4) is 0 Å². The molecule has 0 atom stereocenters. The quantitative estimate of drug-likeness (QED) is 0.769. The van der Waals surface area contributed by atoms with Gasteiger partial charge >= 0.3 is 6.03 Å². The van der Waals surface area contributed by atoms with Crippen LogP contribution in [-0.4, -0.2) is 60.3 Å². The predicted octanol–water partition coefficient (Wildman–Crippen LogP) is 1.85. The van der Waals surface area contributed by atoms with Crippen LogP contribution in [0.4, 0.5) is 4.79 Å². The molecule has 0 aromatic heterocycles. The number of rotatable bonds is 8. The second-order valence-electron chi connectivity index (χ2n) is 6.09. The number of benzene rings is 1. The Bertz CT molecular complexity index is 493. The zero-order valence-electron chi connectivity index (χ0n) is 14.1. The largest absolute Gasteiger partial charge is 0.395 e. The number of aliphatic hydroxyl groups is 1. The molecule has 0 fully saturated rings. The number of carbonyl (C=O) groups is 1. The lowest BCUT2D eigenvalue weighted by atomic mass is 10.00. The minimum atomic E-state index is -0.0649. The number of aliphatic hydroxyl groups excluding tert-OH is 1. The summed E-state index contributed by atoms with van der Waals surface area (Å²) < 4.78 is 0. The van der Waals surface area contributed by atoms with Gasteiger partial charge in [0.1, 0.15) is 0 Å². The molecule has 2 amide bonds. The zero-order valence-corrected chi connectivity index (χ0v) is 14.1. The normalized spacial score (nSPS) is 14.3. The van der Waals surface area contributed by atoms with Crippen LogP contribution in [0.3, 0.4) is 0 Å². The van der Waals surface area contributed by atoms with Gasteiger partial charge in [-0.15, -0.1) is 0 Å². The second kappa shape index (κ2) is 9.53. The third-order valence-corrected chi connectivity index (χ3v) is 4.35. The van der Waals surface area contributed by atoms with E-state index in [0.29, 0.717) is 19.6 Å². The van der Waals surface area contributed by atoms with Crippen molar-refractivity contribution in [2.75, 3.05) is 39.3 Å². The highest BCUT2D eigenvalue weighted by molar-refractivity contribution is 5.74. The SMILES string of the molecule is CCCCN(CCO)C(=O)NCCN1CCc2ccccc2C1. The average molecular weight is 319 g/mol. The maximum atomic E-state index is 12.2. The maximum absolute atomic E-state index is 12.2. The highest BCUT2D eigenvalue weighted by Crippen LogP contribution is 2.17. The summed E-state index contributed by atoms with van der Waals surface area (Å²) in [6.45, 7) is 6.74. The van der Waals surface area contributed by atoms with Gasteiger partial charge in [-0.05, 0) is 24.0 Å². The van der Waals surface area contributed by atoms with E-state index in [0.717, 1.165) is 38.9 Å². The van der Waals surface area contributed by atoms with E-state index in [1.807, 2.05) is 0 Å². The van der Waals surface area contributed by atoms with E-state index in [1.54, 1.807) is 4.90 Å². The number of urea groups is 1. The molecule has 0 saturated carbocycles. The molecule has 5 nitrogen and oxygen atoms in total. The first-order valence-corrected chi connectivity index (χ1v) is 8.67. The van der Waals surface area contributed by atoms with E-state index in [-0.39, 0.29) is 12.6 Å². The number of fused-ring (bicyclic) bond motifs is 1. The van der Waals surface area contributed by atoms with Gasteiger partial charge in [-0.1, -0.05) is 37.6 Å². The van der Waals surface area contributed by atoms with Crippen LogP contribution < -0.4 is 5.32 Å². The molecule has 2 rings (SSSR count). The Morgan fingerprint density at radius 1 is 1.30 bits per heavy atom. The zero-order chi connectivity index (χ0) is 16.5. The molecule has 0 unspecified atom stereocenters. The summed E-state index contributed by atoms with van der Waals surface area (Å²) in [5, 5.41) is 12.1. The fourth-order valence-corrected chi connectivity index (χ4v) is 2.96. The number of unbranched alkanes of at least 4 members (excludes halogenated alkanes) is 1. The highest BCUT2D eigenvalue weighted by Gasteiger charge is 2.16. The van der Waals surface area contributed by atoms with Crippen LogP contribution in [0.25, 0.3) is 0 Å². The van der Waals surface area contributed by atoms with E-state index < -0.39 is 0 Å². The highest BCUT2D eigenvalue weighted by atomic mass is 16.3. The molecule has 5 heteroatoms. The predicted molar refractivity (Wildman–Crippen MR) is 92.4 cm³/mol. The fourth-order valence-electron chi connectivity index (χ4n) is 2.96. The number of nitrogens with one attached hydrogen (secondary N) is 1. The molecule has 0 aliphatic carbocycles. The van der Waals surface area contributed by atoms with Gasteiger partial charge in [0.25, 0.3) is 0 Å². The van der Waals surface area contributed by atoms with Crippen molar-refractivity contribution in [1.82, 2.24) is 15.1 Å². The Hall–Kier alpha value is -1.59. The van der Waals surface area contributed by atoms with Crippen molar-refractivity contribution in [3.05, 3.63) is 35.4 Å². The van der Waals surface area contributed by atoms with Gasteiger partial charge in [-0.25, -0.2) is 4.79 Å². The smallest absolute Gasteiger partial charge is 0.317 e. The lowest BCUT2D eigenvalue weighted by Gasteiger charge is -2.29. The molecular weight excluding hydrogens is 290 g/mol. The van der Waals surface area contributed by atoms with Crippen molar-refractivity contribution >= 4 is 6.03 Å². The molecule has 1 heterocycles. The molecule has 128 valence electrons. The fraction of sp³-hybridized carbons (Fsp3) is 0.611. The molecule has 0 bridgehead atoms. The van der Waals surface area contributed by atoms with Crippen LogP contribution in [0.1, 0.15) is 30.9 Å². The minimum absolute atomic E-state index is 0.0139. The van der Waals surface area contributed by atoms with Crippen LogP contribution >= 0.6 is 0 Å². The summed E-state index contributed by atoms with van der Waals surface area (Å²) in [5.41, 5.74) is 2.84. The van der Waals surface area contributed by atoms with E-state index in [1.165, 1.54) is 11.1 Å². The van der Waals surface area contributed by atoms with Gasteiger partial charge in [0.05, 0.1) is 6.61 Å². The lowest BCUT2D eigenvalue weighted by Crippen LogP contribution is -2.45.